The summed E-state index contributed by atoms with van der Waals surface area (Å²) in [6.45, 7) is 1.80. The third kappa shape index (κ3) is 7.34. The first-order valence-electron chi connectivity index (χ1n) is 8.47. The van der Waals surface area contributed by atoms with E-state index in [0.717, 1.165) is 5.56 Å². The molecule has 2 aromatic carbocycles. The van der Waals surface area contributed by atoms with E-state index in [4.69, 9.17) is 35.4 Å². The number of thiocarbonyl (C=S) groups is 1. The summed E-state index contributed by atoms with van der Waals surface area (Å²) in [7, 11) is 0. The average molecular weight is 453 g/mol. The van der Waals surface area contributed by atoms with Gasteiger partial charge in [-0.25, -0.2) is 0 Å². The van der Waals surface area contributed by atoms with Crippen LogP contribution in [0.15, 0.2) is 42.5 Å². The lowest BCUT2D eigenvalue weighted by Crippen LogP contribution is -2.48. The number of halogens is 2. The molecular formula is C19H18Cl2N4O3S. The molecule has 0 saturated carbocycles. The molecule has 0 saturated heterocycles. The van der Waals surface area contributed by atoms with Crippen LogP contribution in [0.5, 0.6) is 0 Å². The fraction of sp³-hybridized carbons (Fsp3) is 0.158. The number of benzene rings is 2. The first kappa shape index (κ1) is 22.6. The van der Waals surface area contributed by atoms with Gasteiger partial charge in [0, 0.05) is 23.4 Å². The van der Waals surface area contributed by atoms with Crippen LogP contribution in [0.1, 0.15) is 28.8 Å². The van der Waals surface area contributed by atoms with Gasteiger partial charge >= 0.3 is 0 Å². The number of nitrogens with one attached hydrogen (secondary N) is 4. The Balaban J connectivity index is 1.72. The van der Waals surface area contributed by atoms with Crippen LogP contribution in [0.2, 0.25) is 10.0 Å². The second-order valence-corrected chi connectivity index (χ2v) is 7.20. The van der Waals surface area contributed by atoms with E-state index in [2.05, 4.69) is 21.5 Å². The second-order valence-electron chi connectivity index (χ2n) is 5.94. The van der Waals surface area contributed by atoms with Crippen molar-refractivity contribution in [1.29, 1.82) is 0 Å². The van der Waals surface area contributed by atoms with Crippen molar-refractivity contribution in [3.63, 3.8) is 0 Å². The molecule has 0 aliphatic carbocycles. The summed E-state index contributed by atoms with van der Waals surface area (Å²) < 4.78 is 0. The van der Waals surface area contributed by atoms with Crippen molar-refractivity contribution >= 4 is 63.9 Å². The van der Waals surface area contributed by atoms with E-state index in [1.807, 2.05) is 6.07 Å². The zero-order valence-electron chi connectivity index (χ0n) is 15.3. The van der Waals surface area contributed by atoms with Crippen molar-refractivity contribution < 1.29 is 14.4 Å². The monoisotopic (exact) mass is 452 g/mol. The van der Waals surface area contributed by atoms with Crippen LogP contribution < -0.4 is 21.5 Å². The molecule has 2 rings (SSSR count). The maximum atomic E-state index is 12.1. The number of carbonyl (C=O) groups excluding carboxylic acids is 3. The first-order valence-corrected chi connectivity index (χ1v) is 9.63. The van der Waals surface area contributed by atoms with Gasteiger partial charge < -0.3 is 5.32 Å². The summed E-state index contributed by atoms with van der Waals surface area (Å²) in [6, 6.07) is 11.7. The average Bonchev–Trinajstić information content (AvgIpc) is 2.67. The summed E-state index contributed by atoms with van der Waals surface area (Å²) in [6.07, 6.45) is -0.173. The largest absolute Gasteiger partial charge is 0.325 e. The number of hydrazine groups is 1. The van der Waals surface area contributed by atoms with Crippen LogP contribution >= 0.6 is 35.4 Å². The molecule has 0 aliphatic rings. The van der Waals surface area contributed by atoms with Gasteiger partial charge in [0.15, 0.2) is 5.11 Å². The second kappa shape index (κ2) is 10.8. The van der Waals surface area contributed by atoms with E-state index in [1.54, 1.807) is 37.3 Å². The number of hydrogen-bond donors (Lipinski definition) is 4. The lowest BCUT2D eigenvalue weighted by molar-refractivity contribution is -0.124. The fourth-order valence-corrected chi connectivity index (χ4v) is 2.85. The van der Waals surface area contributed by atoms with Crippen LogP contribution in [0, 0.1) is 6.92 Å². The standard InChI is InChI=1S/C19H18Cl2N4O3S/c1-11-4-2-3-5-13(11)18(28)23-19(29)25-24-17(27)9-8-16(26)22-15-7-6-12(20)10-14(15)21/h2-7,10H,8-9H2,1H3,(H,22,26)(H,24,27)(H2,23,25,28,29). The maximum absolute atomic E-state index is 12.1. The molecule has 0 unspecified atom stereocenters. The van der Waals surface area contributed by atoms with Gasteiger partial charge in [0.05, 0.1) is 10.7 Å². The van der Waals surface area contributed by atoms with E-state index in [9.17, 15) is 14.4 Å². The highest BCUT2D eigenvalue weighted by Crippen LogP contribution is 2.25. The highest BCUT2D eigenvalue weighted by Gasteiger charge is 2.12. The number of amides is 3. The van der Waals surface area contributed by atoms with Crippen molar-refractivity contribution in [2.75, 3.05) is 5.32 Å². The van der Waals surface area contributed by atoms with Crippen LogP contribution in [-0.4, -0.2) is 22.8 Å². The van der Waals surface area contributed by atoms with E-state index in [1.165, 1.54) is 6.07 Å². The van der Waals surface area contributed by atoms with Crippen molar-refractivity contribution in [1.82, 2.24) is 16.2 Å². The highest BCUT2D eigenvalue weighted by atomic mass is 35.5. The number of hydrogen-bond acceptors (Lipinski definition) is 4. The van der Waals surface area contributed by atoms with Gasteiger partial charge in [0.25, 0.3) is 5.91 Å². The molecule has 0 spiro atoms. The molecule has 0 aliphatic heterocycles. The third-order valence-corrected chi connectivity index (χ3v) is 4.47. The molecule has 152 valence electrons. The predicted molar refractivity (Wildman–Crippen MR) is 117 cm³/mol. The lowest BCUT2D eigenvalue weighted by Gasteiger charge is -2.12. The first-order chi connectivity index (χ1) is 13.8. The molecule has 7 nitrogen and oxygen atoms in total. The van der Waals surface area contributed by atoms with Gasteiger partial charge in [-0.05, 0) is 49.0 Å². The molecule has 0 aromatic heterocycles. The molecule has 0 heterocycles. The molecular weight excluding hydrogens is 435 g/mol. The highest BCUT2D eigenvalue weighted by molar-refractivity contribution is 7.80. The molecule has 0 atom stereocenters. The van der Waals surface area contributed by atoms with Crippen LogP contribution in [-0.2, 0) is 9.59 Å². The molecule has 10 heteroatoms. The summed E-state index contributed by atoms with van der Waals surface area (Å²) in [5, 5.41) is 5.74. The van der Waals surface area contributed by atoms with Crippen molar-refractivity contribution in [3.05, 3.63) is 63.6 Å². The SMILES string of the molecule is Cc1ccccc1C(=O)NC(=S)NNC(=O)CCC(=O)Nc1ccc(Cl)cc1Cl. The number of carbonyl (C=O) groups is 3. The number of anilines is 1. The van der Waals surface area contributed by atoms with Gasteiger partial charge in [0.2, 0.25) is 11.8 Å². The van der Waals surface area contributed by atoms with E-state index >= 15 is 0 Å². The van der Waals surface area contributed by atoms with Crippen molar-refractivity contribution in [2.24, 2.45) is 0 Å². The minimum absolute atomic E-state index is 0.0657. The zero-order chi connectivity index (χ0) is 21.4. The third-order valence-electron chi connectivity index (χ3n) is 3.72. The Morgan fingerprint density at radius 3 is 2.34 bits per heavy atom. The quantitative estimate of drug-likeness (QED) is 0.411. The minimum atomic E-state index is -0.477. The number of rotatable bonds is 5. The Morgan fingerprint density at radius 2 is 1.66 bits per heavy atom. The molecule has 0 fully saturated rings. The molecule has 29 heavy (non-hydrogen) atoms. The van der Waals surface area contributed by atoms with Gasteiger partial charge in [-0.3, -0.25) is 30.6 Å². The lowest BCUT2D eigenvalue weighted by atomic mass is 10.1. The van der Waals surface area contributed by atoms with Crippen LogP contribution in [0.3, 0.4) is 0 Å². The zero-order valence-corrected chi connectivity index (χ0v) is 17.7. The summed E-state index contributed by atoms with van der Waals surface area (Å²) in [5.41, 5.74) is 6.42. The van der Waals surface area contributed by atoms with E-state index in [0.29, 0.717) is 21.3 Å². The van der Waals surface area contributed by atoms with Gasteiger partial charge in [-0.2, -0.15) is 0 Å². The summed E-state index contributed by atoms with van der Waals surface area (Å²) in [4.78, 5) is 35.9. The predicted octanol–water partition coefficient (Wildman–Crippen LogP) is 3.36. The molecule has 0 bridgehead atoms. The Labute approximate surface area is 183 Å². The molecule has 4 N–H and O–H groups in total. The molecule has 0 radical (unpaired) electrons. The number of aryl methyl sites for hydroxylation is 1. The Bertz CT molecular complexity index is 953. The van der Waals surface area contributed by atoms with Crippen molar-refractivity contribution in [2.45, 2.75) is 19.8 Å². The van der Waals surface area contributed by atoms with Gasteiger partial charge in [-0.1, -0.05) is 41.4 Å². The smallest absolute Gasteiger partial charge is 0.257 e. The topological polar surface area (TPSA) is 99.3 Å². The van der Waals surface area contributed by atoms with Gasteiger partial charge in [-0.15, -0.1) is 0 Å². The minimum Gasteiger partial charge on any atom is -0.325 e. The van der Waals surface area contributed by atoms with Crippen LogP contribution in [0.4, 0.5) is 5.69 Å². The Kier molecular flexibility index (Phi) is 8.38. The molecule has 3 amide bonds. The fourth-order valence-electron chi connectivity index (χ4n) is 2.25. The Morgan fingerprint density at radius 1 is 0.966 bits per heavy atom. The summed E-state index contributed by atoms with van der Waals surface area (Å²) >= 11 is 16.8. The maximum Gasteiger partial charge on any atom is 0.257 e. The Hall–Kier alpha value is -2.68. The van der Waals surface area contributed by atoms with Gasteiger partial charge in [0.1, 0.15) is 0 Å². The van der Waals surface area contributed by atoms with E-state index < -0.39 is 11.8 Å². The molecule has 2 aromatic rings. The van der Waals surface area contributed by atoms with Crippen LogP contribution in [0.25, 0.3) is 0 Å². The van der Waals surface area contributed by atoms with E-state index in [-0.39, 0.29) is 23.9 Å². The normalized spacial score (nSPS) is 10.0. The van der Waals surface area contributed by atoms with Crippen molar-refractivity contribution in [3.8, 4) is 0 Å². The summed E-state index contributed by atoms with van der Waals surface area (Å²) in [5.74, 6) is -1.26.